The number of thiazole rings is 1. The second-order valence-electron chi connectivity index (χ2n) is 11.0. The number of aromatic nitrogens is 3. The number of anilines is 2. The molecule has 13 heteroatoms. The van der Waals surface area contributed by atoms with E-state index in [0.717, 1.165) is 38.4 Å². The first-order valence-corrected chi connectivity index (χ1v) is 16.0. The Labute approximate surface area is 273 Å². The van der Waals surface area contributed by atoms with E-state index in [9.17, 15) is 14.4 Å². The van der Waals surface area contributed by atoms with Crippen molar-refractivity contribution in [2.45, 2.75) is 38.9 Å². The average Bonchev–Trinajstić information content (AvgIpc) is 3.65. The van der Waals surface area contributed by atoms with Crippen LogP contribution in [0.5, 0.6) is 0 Å². The number of carboxylic acids is 1. The van der Waals surface area contributed by atoms with Crippen LogP contribution in [0, 0.1) is 6.92 Å². The number of carbonyl (C=O) groups is 2. The Kier molecular flexibility index (Phi) is 9.41. The number of nitrogens with one attached hydrogen (secondary N) is 5. The van der Waals surface area contributed by atoms with Gasteiger partial charge in [-0.15, -0.1) is 11.3 Å². The molecule has 1 saturated heterocycles. The molecule has 0 radical (unpaired) electrons. The van der Waals surface area contributed by atoms with Crippen LogP contribution in [0.1, 0.15) is 29.0 Å². The summed E-state index contributed by atoms with van der Waals surface area (Å²) in [6.07, 6.45) is 3.04. The molecule has 1 amide bonds. The van der Waals surface area contributed by atoms with Gasteiger partial charge in [-0.05, 0) is 42.7 Å². The van der Waals surface area contributed by atoms with Gasteiger partial charge in [-0.25, -0.2) is 9.97 Å². The maximum absolute atomic E-state index is 13.0. The molecular formula is C33H32ClN7O4S. The average molecular weight is 658 g/mol. The number of H-pyrrole nitrogens is 1. The van der Waals surface area contributed by atoms with E-state index in [4.69, 9.17) is 16.7 Å². The largest absolute Gasteiger partial charge is 0.480 e. The number of carbonyl (C=O) groups excluding carboxylic acids is 1. The fourth-order valence-corrected chi connectivity index (χ4v) is 6.75. The van der Waals surface area contributed by atoms with Crippen LogP contribution >= 0.6 is 22.9 Å². The Morgan fingerprint density at radius 1 is 1.04 bits per heavy atom. The van der Waals surface area contributed by atoms with E-state index in [2.05, 4.69) is 36.2 Å². The van der Waals surface area contributed by atoms with E-state index in [-0.39, 0.29) is 24.1 Å². The lowest BCUT2D eigenvalue weighted by Crippen LogP contribution is -2.36. The fraction of sp³-hybridized carbons (Fsp3) is 0.242. The van der Waals surface area contributed by atoms with E-state index >= 15 is 0 Å². The number of hydrogen-bond acceptors (Lipinski definition) is 9. The van der Waals surface area contributed by atoms with E-state index in [0.29, 0.717) is 59.4 Å². The number of rotatable bonds is 12. The smallest absolute Gasteiger partial charge is 0.317 e. The molecule has 5 aromatic rings. The van der Waals surface area contributed by atoms with Crippen molar-refractivity contribution >= 4 is 56.5 Å². The zero-order valence-corrected chi connectivity index (χ0v) is 26.5. The SMILES string of the molecule is Cc1c(-c2ccc(CNC[C@@H]3CCC(=O)N3)c(=O)[nH]2)cccc1-c1cccc(Nc2nccc3sc(CNCC(=O)O)nc23)c1Cl. The van der Waals surface area contributed by atoms with Gasteiger partial charge in [-0.1, -0.05) is 48.0 Å². The summed E-state index contributed by atoms with van der Waals surface area (Å²) in [5.41, 5.74) is 6.07. The topological polar surface area (TPSA) is 161 Å². The van der Waals surface area contributed by atoms with Crippen LogP contribution in [0.15, 0.2) is 65.6 Å². The molecule has 1 atom stereocenters. The number of benzene rings is 2. The van der Waals surface area contributed by atoms with Gasteiger partial charge in [-0.2, -0.15) is 0 Å². The number of amides is 1. The number of nitrogens with zero attached hydrogens (tertiary/aromatic N) is 2. The molecule has 0 bridgehead atoms. The maximum Gasteiger partial charge on any atom is 0.317 e. The van der Waals surface area contributed by atoms with Crippen molar-refractivity contribution in [1.29, 1.82) is 0 Å². The Balaban J connectivity index is 1.21. The molecule has 4 heterocycles. The number of aliphatic carboxylic acids is 1. The molecule has 11 nitrogen and oxygen atoms in total. The predicted molar refractivity (Wildman–Crippen MR) is 181 cm³/mol. The molecule has 1 aliphatic rings. The van der Waals surface area contributed by atoms with Crippen molar-refractivity contribution in [2.75, 3.05) is 18.4 Å². The Morgan fingerprint density at radius 3 is 2.63 bits per heavy atom. The summed E-state index contributed by atoms with van der Waals surface area (Å²) in [5.74, 6) is -0.313. The van der Waals surface area contributed by atoms with Crippen LogP contribution in [-0.2, 0) is 22.7 Å². The third-order valence-electron chi connectivity index (χ3n) is 7.85. The van der Waals surface area contributed by atoms with E-state index in [1.807, 2.05) is 61.5 Å². The standard InChI is InChI=1S/C33H32ClN7O4S/c1-18-21(4-2-5-22(18)24-10-8-19(33(45)40-24)14-35-15-20-9-11-27(42)38-20)23-6-3-7-25(30(23)34)39-32-31-26(12-13-37-32)46-28(41-31)16-36-17-29(43)44/h2-8,10,12-13,20,35-36H,9,11,14-17H2,1H3,(H,37,39)(H,38,42)(H,40,45)(H,43,44)/t20-/m0/s1. The first-order chi connectivity index (χ1) is 22.3. The summed E-state index contributed by atoms with van der Waals surface area (Å²) in [7, 11) is 0. The van der Waals surface area contributed by atoms with Crippen LogP contribution in [0.3, 0.4) is 0 Å². The summed E-state index contributed by atoms with van der Waals surface area (Å²) in [6.45, 7) is 3.21. The molecule has 0 saturated carbocycles. The first kappa shape index (κ1) is 31.4. The molecule has 1 aliphatic heterocycles. The van der Waals surface area contributed by atoms with Gasteiger partial charge >= 0.3 is 5.97 Å². The van der Waals surface area contributed by atoms with Gasteiger partial charge in [0.2, 0.25) is 5.91 Å². The molecule has 6 N–H and O–H groups in total. The number of pyridine rings is 2. The summed E-state index contributed by atoms with van der Waals surface area (Å²) in [6, 6.07) is 17.4. The van der Waals surface area contributed by atoms with Crippen molar-refractivity contribution in [3.05, 3.63) is 92.3 Å². The quantitative estimate of drug-likeness (QED) is 0.109. The van der Waals surface area contributed by atoms with Crippen LogP contribution in [-0.4, -0.2) is 51.1 Å². The molecule has 3 aromatic heterocycles. The van der Waals surface area contributed by atoms with Crippen LogP contribution in [0.2, 0.25) is 5.02 Å². The molecule has 46 heavy (non-hydrogen) atoms. The van der Waals surface area contributed by atoms with Crippen molar-refractivity contribution < 1.29 is 14.7 Å². The molecule has 236 valence electrons. The van der Waals surface area contributed by atoms with E-state index < -0.39 is 5.97 Å². The first-order valence-electron chi connectivity index (χ1n) is 14.8. The van der Waals surface area contributed by atoms with Crippen molar-refractivity contribution in [3.8, 4) is 22.4 Å². The minimum Gasteiger partial charge on any atom is -0.480 e. The number of aromatic amines is 1. The normalized spacial score (nSPS) is 14.5. The minimum atomic E-state index is -0.927. The van der Waals surface area contributed by atoms with Gasteiger partial charge in [-0.3, -0.25) is 14.4 Å². The number of halogens is 1. The van der Waals surface area contributed by atoms with Crippen LogP contribution < -0.4 is 26.8 Å². The lowest BCUT2D eigenvalue weighted by atomic mass is 9.94. The van der Waals surface area contributed by atoms with Crippen LogP contribution in [0.25, 0.3) is 32.6 Å². The summed E-state index contributed by atoms with van der Waals surface area (Å²) >= 11 is 8.47. The fourth-order valence-electron chi connectivity index (χ4n) is 5.54. The van der Waals surface area contributed by atoms with E-state index in [1.54, 1.807) is 6.20 Å². The number of carboxylic acid groups (broad SMARTS) is 1. The van der Waals surface area contributed by atoms with Gasteiger partial charge < -0.3 is 31.4 Å². The highest BCUT2D eigenvalue weighted by molar-refractivity contribution is 7.18. The lowest BCUT2D eigenvalue weighted by Gasteiger charge is -2.16. The second kappa shape index (κ2) is 13.8. The van der Waals surface area contributed by atoms with Gasteiger partial charge in [0, 0.05) is 60.7 Å². The summed E-state index contributed by atoms with van der Waals surface area (Å²) in [4.78, 5) is 47.5. The third kappa shape index (κ3) is 6.95. The third-order valence-corrected chi connectivity index (χ3v) is 9.28. The van der Waals surface area contributed by atoms with Crippen LogP contribution in [0.4, 0.5) is 11.5 Å². The number of hydrogen-bond donors (Lipinski definition) is 6. The highest BCUT2D eigenvalue weighted by atomic mass is 35.5. The Hall–Kier alpha value is -4.62. The van der Waals surface area contributed by atoms with Gasteiger partial charge in [0.1, 0.15) is 10.5 Å². The van der Waals surface area contributed by atoms with Gasteiger partial charge in [0.05, 0.1) is 22.0 Å². The molecule has 2 aromatic carbocycles. The Morgan fingerprint density at radius 2 is 1.85 bits per heavy atom. The minimum absolute atomic E-state index is 0.0699. The molecule has 0 aliphatic carbocycles. The second-order valence-corrected chi connectivity index (χ2v) is 12.5. The molecule has 0 unspecified atom stereocenters. The highest BCUT2D eigenvalue weighted by Crippen LogP contribution is 2.39. The molecular weight excluding hydrogens is 626 g/mol. The van der Waals surface area contributed by atoms with E-state index in [1.165, 1.54) is 11.3 Å². The van der Waals surface area contributed by atoms with Crippen molar-refractivity contribution in [2.24, 2.45) is 0 Å². The highest BCUT2D eigenvalue weighted by Gasteiger charge is 2.20. The van der Waals surface area contributed by atoms with Crippen molar-refractivity contribution in [1.82, 2.24) is 30.9 Å². The van der Waals surface area contributed by atoms with Gasteiger partial charge in [0.25, 0.3) is 5.56 Å². The van der Waals surface area contributed by atoms with Crippen molar-refractivity contribution in [3.63, 3.8) is 0 Å². The monoisotopic (exact) mass is 657 g/mol. The zero-order valence-electron chi connectivity index (χ0n) is 24.9. The molecule has 1 fully saturated rings. The molecule has 6 rings (SSSR count). The maximum atomic E-state index is 13.0. The summed E-state index contributed by atoms with van der Waals surface area (Å²) < 4.78 is 0.915. The summed E-state index contributed by atoms with van der Waals surface area (Å²) in [5, 5.41) is 22.6. The number of fused-ring (bicyclic) bond motifs is 1. The lowest BCUT2D eigenvalue weighted by molar-refractivity contribution is -0.136. The molecule has 0 spiro atoms. The predicted octanol–water partition coefficient (Wildman–Crippen LogP) is 4.96. The Bertz CT molecular complexity index is 1990. The zero-order chi connectivity index (χ0) is 32.2. The van der Waals surface area contributed by atoms with Gasteiger partial charge in [0.15, 0.2) is 5.82 Å².